The van der Waals surface area contributed by atoms with Crippen molar-refractivity contribution in [2.45, 2.75) is 19.8 Å². The van der Waals surface area contributed by atoms with Gasteiger partial charge in [0.15, 0.2) is 5.96 Å². The van der Waals surface area contributed by atoms with Gasteiger partial charge in [0.25, 0.3) is 5.91 Å². The van der Waals surface area contributed by atoms with E-state index in [-0.39, 0.29) is 29.9 Å². The van der Waals surface area contributed by atoms with E-state index in [1.165, 1.54) is 12.2 Å². The molecule has 0 spiro atoms. The first-order chi connectivity index (χ1) is 11.3. The smallest absolute Gasteiger partial charge is 0.251 e. The van der Waals surface area contributed by atoms with Gasteiger partial charge in [-0.05, 0) is 43.9 Å². The molecule has 24 heavy (non-hydrogen) atoms. The second-order valence-electron chi connectivity index (χ2n) is 5.01. The molecule has 0 radical (unpaired) electrons. The maximum Gasteiger partial charge on any atom is 0.251 e. The minimum absolute atomic E-state index is 0. The summed E-state index contributed by atoms with van der Waals surface area (Å²) in [4.78, 5) is 16.4. The van der Waals surface area contributed by atoms with Crippen molar-refractivity contribution in [2.75, 3.05) is 38.2 Å². The summed E-state index contributed by atoms with van der Waals surface area (Å²) in [5, 5.41) is 9.35. The number of nitrogens with zero attached hydrogens (tertiary/aromatic N) is 1. The van der Waals surface area contributed by atoms with Crippen LogP contribution < -0.4 is 16.0 Å². The molecule has 0 heterocycles. The predicted octanol–water partition coefficient (Wildman–Crippen LogP) is 2.73. The van der Waals surface area contributed by atoms with E-state index in [1.54, 1.807) is 0 Å². The third-order valence-corrected chi connectivity index (χ3v) is 3.81. The lowest BCUT2D eigenvalue weighted by molar-refractivity contribution is 0.0954. The molecular formula is C17H29IN4OS. The van der Waals surface area contributed by atoms with Crippen LogP contribution in [0.5, 0.6) is 0 Å². The molecule has 3 N–H and O–H groups in total. The molecule has 0 aliphatic rings. The van der Waals surface area contributed by atoms with E-state index in [1.807, 2.05) is 49.0 Å². The molecule has 0 saturated carbocycles. The van der Waals surface area contributed by atoms with Crippen molar-refractivity contribution in [3.8, 4) is 0 Å². The Bertz CT molecular complexity index is 471. The molecule has 0 fully saturated rings. The highest BCUT2D eigenvalue weighted by Crippen LogP contribution is 1.99. The van der Waals surface area contributed by atoms with Crippen molar-refractivity contribution in [2.24, 2.45) is 4.99 Å². The summed E-state index contributed by atoms with van der Waals surface area (Å²) < 4.78 is 0. The van der Waals surface area contributed by atoms with Crippen LogP contribution in [0.4, 0.5) is 0 Å². The Balaban J connectivity index is 0.00000529. The number of benzene rings is 1. The first kappa shape index (κ1) is 23.0. The van der Waals surface area contributed by atoms with Crippen molar-refractivity contribution in [1.82, 2.24) is 16.0 Å². The highest BCUT2D eigenvalue weighted by atomic mass is 127. The molecule has 0 atom stereocenters. The molecule has 0 aliphatic heterocycles. The van der Waals surface area contributed by atoms with Gasteiger partial charge in [-0.1, -0.05) is 18.2 Å². The SMILES string of the molecule is CCNC(=NCCCCSC)NCCNC(=O)c1ccccc1.I. The number of amides is 1. The molecule has 0 aliphatic carbocycles. The van der Waals surface area contributed by atoms with Gasteiger partial charge >= 0.3 is 0 Å². The van der Waals surface area contributed by atoms with Crippen LogP contribution in [0.15, 0.2) is 35.3 Å². The summed E-state index contributed by atoms with van der Waals surface area (Å²) >= 11 is 1.87. The minimum atomic E-state index is -0.0496. The van der Waals surface area contributed by atoms with Crippen LogP contribution >= 0.6 is 35.7 Å². The molecule has 1 rings (SSSR count). The Hall–Kier alpha value is -0.960. The number of rotatable bonds is 10. The van der Waals surface area contributed by atoms with Crippen molar-refractivity contribution in [3.63, 3.8) is 0 Å². The fourth-order valence-corrected chi connectivity index (χ4v) is 2.43. The Kier molecular flexibility index (Phi) is 14.9. The average molecular weight is 464 g/mol. The summed E-state index contributed by atoms with van der Waals surface area (Å²) in [6.45, 7) is 4.90. The van der Waals surface area contributed by atoms with Crippen LogP contribution in [0, 0.1) is 0 Å². The zero-order chi connectivity index (χ0) is 16.8. The minimum Gasteiger partial charge on any atom is -0.357 e. The lowest BCUT2D eigenvalue weighted by Gasteiger charge is -2.12. The molecular weight excluding hydrogens is 435 g/mol. The third-order valence-electron chi connectivity index (χ3n) is 3.11. The molecule has 136 valence electrons. The van der Waals surface area contributed by atoms with E-state index in [0.717, 1.165) is 25.5 Å². The monoisotopic (exact) mass is 464 g/mol. The topological polar surface area (TPSA) is 65.5 Å². The number of guanidine groups is 1. The van der Waals surface area contributed by atoms with E-state index in [4.69, 9.17) is 0 Å². The van der Waals surface area contributed by atoms with Gasteiger partial charge in [-0.3, -0.25) is 9.79 Å². The zero-order valence-corrected chi connectivity index (χ0v) is 17.7. The first-order valence-electron chi connectivity index (χ1n) is 8.12. The Labute approximate surface area is 166 Å². The van der Waals surface area contributed by atoms with Gasteiger partial charge in [-0.25, -0.2) is 0 Å². The standard InChI is InChI=1S/C17H28N4OS.HI/c1-3-18-17(20-11-7-8-14-23-2)21-13-12-19-16(22)15-9-5-4-6-10-15;/h4-6,9-10H,3,7-8,11-14H2,1-2H3,(H,19,22)(H2,18,20,21);1H. The Morgan fingerprint density at radius 2 is 1.79 bits per heavy atom. The molecule has 1 amide bonds. The molecule has 5 nitrogen and oxygen atoms in total. The molecule has 0 saturated heterocycles. The maximum atomic E-state index is 11.9. The largest absolute Gasteiger partial charge is 0.357 e. The van der Waals surface area contributed by atoms with Crippen LogP contribution in [0.25, 0.3) is 0 Å². The predicted molar refractivity (Wildman–Crippen MR) is 116 cm³/mol. The van der Waals surface area contributed by atoms with Gasteiger partial charge in [0.05, 0.1) is 0 Å². The van der Waals surface area contributed by atoms with Crippen LogP contribution in [-0.2, 0) is 0 Å². The Morgan fingerprint density at radius 1 is 1.08 bits per heavy atom. The lowest BCUT2D eigenvalue weighted by Crippen LogP contribution is -2.41. The van der Waals surface area contributed by atoms with Crippen molar-refractivity contribution in [1.29, 1.82) is 0 Å². The molecule has 1 aromatic rings. The van der Waals surface area contributed by atoms with E-state index in [0.29, 0.717) is 18.7 Å². The van der Waals surface area contributed by atoms with Gasteiger partial charge in [-0.2, -0.15) is 11.8 Å². The highest BCUT2D eigenvalue weighted by Gasteiger charge is 2.03. The lowest BCUT2D eigenvalue weighted by atomic mass is 10.2. The van der Waals surface area contributed by atoms with Gasteiger partial charge in [0, 0.05) is 31.7 Å². The normalized spacial score (nSPS) is 10.7. The second kappa shape index (κ2) is 15.6. The molecule has 0 aromatic heterocycles. The molecule has 0 unspecified atom stereocenters. The number of carbonyl (C=O) groups is 1. The number of halogens is 1. The molecule has 1 aromatic carbocycles. The summed E-state index contributed by atoms with van der Waals surface area (Å²) in [5.41, 5.74) is 0.682. The van der Waals surface area contributed by atoms with Crippen LogP contribution in [0.3, 0.4) is 0 Å². The summed E-state index contributed by atoms with van der Waals surface area (Å²) in [7, 11) is 0. The number of carbonyl (C=O) groups excluding carboxylic acids is 1. The van der Waals surface area contributed by atoms with E-state index in [2.05, 4.69) is 27.2 Å². The van der Waals surface area contributed by atoms with E-state index in [9.17, 15) is 4.79 Å². The number of thioether (sulfide) groups is 1. The fourth-order valence-electron chi connectivity index (χ4n) is 1.94. The van der Waals surface area contributed by atoms with Gasteiger partial charge in [-0.15, -0.1) is 24.0 Å². The number of hydrogen-bond donors (Lipinski definition) is 3. The highest BCUT2D eigenvalue weighted by molar-refractivity contribution is 14.0. The molecule has 7 heteroatoms. The van der Waals surface area contributed by atoms with Crippen LogP contribution in [-0.4, -0.2) is 50.1 Å². The van der Waals surface area contributed by atoms with Crippen molar-refractivity contribution in [3.05, 3.63) is 35.9 Å². The number of unbranched alkanes of at least 4 members (excludes halogenated alkanes) is 1. The summed E-state index contributed by atoms with van der Waals surface area (Å²) in [6.07, 6.45) is 4.41. The van der Waals surface area contributed by atoms with Crippen molar-refractivity contribution < 1.29 is 4.79 Å². The second-order valence-corrected chi connectivity index (χ2v) is 5.99. The van der Waals surface area contributed by atoms with Gasteiger partial charge in [0.1, 0.15) is 0 Å². The maximum absolute atomic E-state index is 11.9. The Morgan fingerprint density at radius 3 is 2.46 bits per heavy atom. The first-order valence-corrected chi connectivity index (χ1v) is 9.51. The number of hydrogen-bond acceptors (Lipinski definition) is 3. The van der Waals surface area contributed by atoms with Crippen molar-refractivity contribution >= 4 is 47.6 Å². The number of aliphatic imine (C=N–C) groups is 1. The van der Waals surface area contributed by atoms with Gasteiger partial charge < -0.3 is 16.0 Å². The summed E-state index contributed by atoms with van der Waals surface area (Å²) in [5.74, 6) is 1.95. The van der Waals surface area contributed by atoms with Crippen LogP contribution in [0.2, 0.25) is 0 Å². The molecule has 0 bridgehead atoms. The summed E-state index contributed by atoms with van der Waals surface area (Å²) in [6, 6.07) is 9.24. The fraction of sp³-hybridized carbons (Fsp3) is 0.529. The van der Waals surface area contributed by atoms with Gasteiger partial charge in [0.2, 0.25) is 0 Å². The average Bonchev–Trinajstić information content (AvgIpc) is 2.59. The zero-order valence-electron chi connectivity index (χ0n) is 14.5. The quantitative estimate of drug-likeness (QED) is 0.216. The third kappa shape index (κ3) is 10.7. The number of nitrogens with one attached hydrogen (secondary N) is 3. The van der Waals surface area contributed by atoms with E-state index < -0.39 is 0 Å². The van der Waals surface area contributed by atoms with E-state index >= 15 is 0 Å². The van der Waals surface area contributed by atoms with Crippen LogP contribution in [0.1, 0.15) is 30.1 Å².